The first-order valence-electron chi connectivity index (χ1n) is 10.4. The van der Waals surface area contributed by atoms with E-state index in [1.165, 1.54) is 6.08 Å². The van der Waals surface area contributed by atoms with Crippen molar-refractivity contribution < 1.29 is 14.3 Å². The van der Waals surface area contributed by atoms with E-state index in [0.717, 1.165) is 11.1 Å². The van der Waals surface area contributed by atoms with Crippen LogP contribution in [0.1, 0.15) is 23.6 Å². The van der Waals surface area contributed by atoms with Gasteiger partial charge in [-0.2, -0.15) is 5.26 Å². The third kappa shape index (κ3) is 7.16. The Bertz CT molecular complexity index is 1340. The highest BCUT2D eigenvalue weighted by Crippen LogP contribution is 2.38. The number of amides is 1. The molecule has 1 N–H and O–H groups in total. The standard InChI is InChI=1S/C26H20BrCl3N2O3/c1-3-34-24-10-16(8-18(13-31)26(33)32-20-7-4-15(2)22(29)12-20)9-21(27)25(24)35-14-17-5-6-19(28)11-23(17)30/h4-12H,3,14H2,1-2H3,(H,32,33)/b18-8-. The molecular formula is C26H20BrCl3N2O3. The van der Waals surface area contributed by atoms with Gasteiger partial charge in [0.25, 0.3) is 5.91 Å². The maximum absolute atomic E-state index is 12.7. The Hall–Kier alpha value is -2.69. The summed E-state index contributed by atoms with van der Waals surface area (Å²) in [6.07, 6.45) is 1.47. The zero-order valence-electron chi connectivity index (χ0n) is 18.8. The molecule has 0 aromatic heterocycles. The van der Waals surface area contributed by atoms with Crippen LogP contribution in [-0.4, -0.2) is 12.5 Å². The van der Waals surface area contributed by atoms with Crippen molar-refractivity contribution in [1.82, 2.24) is 0 Å². The summed E-state index contributed by atoms with van der Waals surface area (Å²) in [5, 5.41) is 13.8. The Morgan fingerprint density at radius 3 is 2.51 bits per heavy atom. The van der Waals surface area contributed by atoms with Gasteiger partial charge in [0.2, 0.25) is 0 Å². The molecule has 0 aliphatic heterocycles. The van der Waals surface area contributed by atoms with Gasteiger partial charge in [-0.05, 0) is 83.4 Å². The number of nitrogens with zero attached hydrogens (tertiary/aromatic N) is 1. The number of nitriles is 1. The number of hydrogen-bond acceptors (Lipinski definition) is 4. The van der Waals surface area contributed by atoms with Crippen LogP contribution in [0.5, 0.6) is 11.5 Å². The van der Waals surface area contributed by atoms with Crippen molar-refractivity contribution in [3.63, 3.8) is 0 Å². The highest BCUT2D eigenvalue weighted by atomic mass is 79.9. The topological polar surface area (TPSA) is 71.3 Å². The van der Waals surface area contributed by atoms with E-state index in [1.54, 1.807) is 48.5 Å². The molecule has 0 bridgehead atoms. The van der Waals surface area contributed by atoms with Crippen LogP contribution in [0, 0.1) is 18.3 Å². The molecule has 5 nitrogen and oxygen atoms in total. The van der Waals surface area contributed by atoms with Gasteiger partial charge < -0.3 is 14.8 Å². The highest BCUT2D eigenvalue weighted by molar-refractivity contribution is 9.10. The van der Waals surface area contributed by atoms with Crippen LogP contribution in [-0.2, 0) is 11.4 Å². The number of ether oxygens (including phenoxy) is 2. The van der Waals surface area contributed by atoms with E-state index in [-0.39, 0.29) is 12.2 Å². The van der Waals surface area contributed by atoms with Crippen molar-refractivity contribution >= 4 is 68.4 Å². The first kappa shape index (κ1) is 26.9. The molecule has 3 aromatic rings. The smallest absolute Gasteiger partial charge is 0.266 e. The summed E-state index contributed by atoms with van der Waals surface area (Å²) in [5.74, 6) is 0.354. The molecule has 0 saturated heterocycles. The summed E-state index contributed by atoms with van der Waals surface area (Å²) >= 11 is 21.8. The van der Waals surface area contributed by atoms with Gasteiger partial charge >= 0.3 is 0 Å². The first-order valence-corrected chi connectivity index (χ1v) is 12.4. The average Bonchev–Trinajstić information content (AvgIpc) is 2.80. The lowest BCUT2D eigenvalue weighted by Gasteiger charge is -2.15. The van der Waals surface area contributed by atoms with Crippen LogP contribution < -0.4 is 14.8 Å². The van der Waals surface area contributed by atoms with E-state index in [1.807, 2.05) is 19.9 Å². The van der Waals surface area contributed by atoms with Crippen molar-refractivity contribution in [2.24, 2.45) is 0 Å². The Balaban J connectivity index is 1.85. The second kappa shape index (κ2) is 12.3. The van der Waals surface area contributed by atoms with Crippen molar-refractivity contribution in [2.75, 3.05) is 11.9 Å². The molecule has 0 aliphatic carbocycles. The summed E-state index contributed by atoms with van der Waals surface area (Å²) in [6, 6.07) is 15.7. The maximum atomic E-state index is 12.7. The Kier molecular flexibility index (Phi) is 9.47. The van der Waals surface area contributed by atoms with E-state index < -0.39 is 5.91 Å². The Labute approximate surface area is 227 Å². The average molecular weight is 595 g/mol. The molecule has 0 spiro atoms. The van der Waals surface area contributed by atoms with Gasteiger partial charge in [0.15, 0.2) is 11.5 Å². The lowest BCUT2D eigenvalue weighted by atomic mass is 10.1. The highest BCUT2D eigenvalue weighted by Gasteiger charge is 2.15. The molecule has 0 radical (unpaired) electrons. The number of aryl methyl sites for hydroxylation is 1. The van der Waals surface area contributed by atoms with Crippen LogP contribution in [0.2, 0.25) is 15.1 Å². The second-order valence-electron chi connectivity index (χ2n) is 7.38. The lowest BCUT2D eigenvalue weighted by molar-refractivity contribution is -0.112. The number of rotatable bonds is 8. The van der Waals surface area contributed by atoms with E-state index in [2.05, 4.69) is 21.2 Å². The van der Waals surface area contributed by atoms with Crippen LogP contribution in [0.4, 0.5) is 5.69 Å². The number of hydrogen-bond donors (Lipinski definition) is 1. The molecule has 0 atom stereocenters. The van der Waals surface area contributed by atoms with Crippen molar-refractivity contribution in [3.05, 3.63) is 90.3 Å². The number of benzene rings is 3. The Morgan fingerprint density at radius 1 is 1.09 bits per heavy atom. The van der Waals surface area contributed by atoms with E-state index >= 15 is 0 Å². The molecule has 0 aliphatic rings. The van der Waals surface area contributed by atoms with Gasteiger partial charge in [-0.25, -0.2) is 0 Å². The molecule has 180 valence electrons. The maximum Gasteiger partial charge on any atom is 0.266 e. The molecule has 3 aromatic carbocycles. The molecule has 3 rings (SSSR count). The normalized spacial score (nSPS) is 11.1. The summed E-state index contributed by atoms with van der Waals surface area (Å²) in [4.78, 5) is 12.7. The predicted octanol–water partition coefficient (Wildman–Crippen LogP) is 8.24. The number of nitrogens with one attached hydrogen (secondary N) is 1. The second-order valence-corrected chi connectivity index (χ2v) is 9.48. The van der Waals surface area contributed by atoms with Crippen LogP contribution >= 0.6 is 50.7 Å². The van der Waals surface area contributed by atoms with Crippen LogP contribution in [0.25, 0.3) is 6.08 Å². The van der Waals surface area contributed by atoms with E-state index in [4.69, 9.17) is 44.3 Å². The molecule has 0 saturated carbocycles. The molecule has 35 heavy (non-hydrogen) atoms. The monoisotopic (exact) mass is 592 g/mol. The molecule has 9 heteroatoms. The first-order chi connectivity index (χ1) is 16.7. The zero-order valence-corrected chi connectivity index (χ0v) is 22.6. The number of carbonyl (C=O) groups excluding carboxylic acids is 1. The third-order valence-electron chi connectivity index (χ3n) is 4.82. The molecule has 0 unspecified atom stereocenters. The van der Waals surface area contributed by atoms with Gasteiger partial charge in [0.05, 0.1) is 11.1 Å². The van der Waals surface area contributed by atoms with Crippen molar-refractivity contribution in [2.45, 2.75) is 20.5 Å². The van der Waals surface area contributed by atoms with Gasteiger partial charge in [-0.15, -0.1) is 0 Å². The largest absolute Gasteiger partial charge is 0.490 e. The SMILES string of the molecule is CCOc1cc(/C=C(/C#N)C(=O)Nc2ccc(C)c(Cl)c2)cc(Br)c1OCc1ccc(Cl)cc1Cl. The third-order valence-corrected chi connectivity index (χ3v) is 6.41. The summed E-state index contributed by atoms with van der Waals surface area (Å²) < 4.78 is 12.3. The number of halogens is 4. The van der Waals surface area contributed by atoms with E-state index in [9.17, 15) is 10.1 Å². The number of anilines is 1. The summed E-state index contributed by atoms with van der Waals surface area (Å²) in [5.41, 5.74) is 2.62. The van der Waals surface area contributed by atoms with Gasteiger partial charge in [-0.3, -0.25) is 4.79 Å². The molecule has 0 fully saturated rings. The van der Waals surface area contributed by atoms with E-state index in [0.29, 0.717) is 48.9 Å². The zero-order chi connectivity index (χ0) is 25.5. The fraction of sp³-hybridized carbons (Fsp3) is 0.154. The van der Waals surface area contributed by atoms with Gasteiger partial charge in [-0.1, -0.05) is 46.9 Å². The molecule has 0 heterocycles. The predicted molar refractivity (Wildman–Crippen MR) is 145 cm³/mol. The minimum absolute atomic E-state index is 0.0855. The molecule has 1 amide bonds. The van der Waals surface area contributed by atoms with Crippen LogP contribution in [0.3, 0.4) is 0 Å². The minimum Gasteiger partial charge on any atom is -0.490 e. The molecular weight excluding hydrogens is 575 g/mol. The fourth-order valence-electron chi connectivity index (χ4n) is 3.05. The minimum atomic E-state index is -0.556. The lowest BCUT2D eigenvalue weighted by Crippen LogP contribution is -2.13. The number of carbonyl (C=O) groups is 1. The summed E-state index contributed by atoms with van der Waals surface area (Å²) in [6.45, 7) is 4.28. The van der Waals surface area contributed by atoms with Gasteiger partial charge in [0.1, 0.15) is 18.2 Å². The van der Waals surface area contributed by atoms with Crippen molar-refractivity contribution in [3.8, 4) is 17.6 Å². The van der Waals surface area contributed by atoms with Gasteiger partial charge in [0, 0.05) is 26.3 Å². The summed E-state index contributed by atoms with van der Waals surface area (Å²) in [7, 11) is 0. The Morgan fingerprint density at radius 2 is 1.86 bits per heavy atom. The van der Waals surface area contributed by atoms with Crippen LogP contribution in [0.15, 0.2) is 58.6 Å². The van der Waals surface area contributed by atoms with Crippen molar-refractivity contribution in [1.29, 1.82) is 5.26 Å². The quantitative estimate of drug-likeness (QED) is 0.211. The fourth-order valence-corrected chi connectivity index (χ4v) is 4.27.